The molecule has 2 heterocycles. The molecule has 0 bridgehead atoms. The van der Waals surface area contributed by atoms with Gasteiger partial charge in [-0.25, -0.2) is 4.98 Å². The van der Waals surface area contributed by atoms with E-state index in [2.05, 4.69) is 54.0 Å². The van der Waals surface area contributed by atoms with Gasteiger partial charge >= 0.3 is 0 Å². The second kappa shape index (κ2) is 8.13. The fraction of sp³-hybridized carbons (Fsp3) is 0.208. The van der Waals surface area contributed by atoms with Gasteiger partial charge in [-0.1, -0.05) is 29.9 Å². The van der Waals surface area contributed by atoms with Gasteiger partial charge in [-0.15, -0.1) is 11.3 Å². The molecule has 1 aromatic carbocycles. The third kappa shape index (κ3) is 3.78. The summed E-state index contributed by atoms with van der Waals surface area (Å²) in [5.41, 5.74) is 7.75. The minimum atomic E-state index is 0.146. The van der Waals surface area contributed by atoms with Crippen molar-refractivity contribution >= 4 is 35.0 Å². The molecule has 29 heavy (non-hydrogen) atoms. The van der Waals surface area contributed by atoms with Gasteiger partial charge in [-0.2, -0.15) is 0 Å². The van der Waals surface area contributed by atoms with Crippen LogP contribution in [-0.4, -0.2) is 24.5 Å². The normalized spacial score (nSPS) is 18.5. The molecule has 4 rings (SSSR count). The lowest BCUT2D eigenvalue weighted by atomic mass is 9.87. The van der Waals surface area contributed by atoms with Gasteiger partial charge in [0.2, 0.25) is 0 Å². The summed E-state index contributed by atoms with van der Waals surface area (Å²) in [7, 11) is 1.69. The van der Waals surface area contributed by atoms with Crippen LogP contribution in [0.25, 0.3) is 11.3 Å². The fourth-order valence-corrected chi connectivity index (χ4v) is 4.49. The lowest BCUT2D eigenvalue weighted by Gasteiger charge is -2.17. The van der Waals surface area contributed by atoms with E-state index in [9.17, 15) is 0 Å². The highest BCUT2D eigenvalue weighted by molar-refractivity contribution is 7.10. The van der Waals surface area contributed by atoms with E-state index >= 15 is 0 Å². The molecule has 0 saturated heterocycles. The Morgan fingerprint density at radius 3 is 2.72 bits per heavy atom. The molecular formula is C24H23N3OS. The van der Waals surface area contributed by atoms with Crippen LogP contribution in [0.4, 0.5) is 0 Å². The monoisotopic (exact) mass is 401 g/mol. The Hall–Kier alpha value is -3.05. The predicted molar refractivity (Wildman–Crippen MR) is 123 cm³/mol. The molecule has 0 N–H and O–H groups in total. The quantitative estimate of drug-likeness (QED) is 0.610. The molecule has 2 aromatic rings. The maximum Gasteiger partial charge on any atom is 0.144 e. The number of allylic oxidation sites excluding steroid dienone is 5. The van der Waals surface area contributed by atoms with Gasteiger partial charge in [0.25, 0.3) is 0 Å². The number of thiazole rings is 1. The van der Waals surface area contributed by atoms with Crippen molar-refractivity contribution in [2.24, 2.45) is 9.98 Å². The Labute approximate surface area is 175 Å². The maximum atomic E-state index is 5.33. The van der Waals surface area contributed by atoms with Crippen LogP contribution < -0.4 is 4.74 Å². The molecule has 0 spiro atoms. The van der Waals surface area contributed by atoms with Crippen molar-refractivity contribution in [3.8, 4) is 5.75 Å². The van der Waals surface area contributed by atoms with Crippen LogP contribution in [0.1, 0.15) is 42.5 Å². The summed E-state index contributed by atoms with van der Waals surface area (Å²) >= 11 is 1.60. The van der Waals surface area contributed by atoms with Gasteiger partial charge in [0.1, 0.15) is 16.5 Å². The number of benzene rings is 1. The second-order valence-corrected chi connectivity index (χ2v) is 7.97. The number of hydrogen-bond acceptors (Lipinski definition) is 5. The van der Waals surface area contributed by atoms with E-state index in [1.807, 2.05) is 24.6 Å². The van der Waals surface area contributed by atoms with Crippen molar-refractivity contribution in [3.63, 3.8) is 0 Å². The molecular weight excluding hydrogens is 378 g/mol. The number of aliphatic imine (C=N–C) groups is 2. The van der Waals surface area contributed by atoms with Crippen molar-refractivity contribution < 1.29 is 4.74 Å². The summed E-state index contributed by atoms with van der Waals surface area (Å²) in [4.78, 5) is 13.7. The topological polar surface area (TPSA) is 46.8 Å². The van der Waals surface area contributed by atoms with Gasteiger partial charge in [-0.05, 0) is 48.8 Å². The Balaban J connectivity index is 1.74. The first kappa shape index (κ1) is 19.3. The van der Waals surface area contributed by atoms with E-state index in [-0.39, 0.29) is 5.92 Å². The minimum absolute atomic E-state index is 0.146. The first-order valence-corrected chi connectivity index (χ1v) is 10.4. The molecule has 5 heteroatoms. The highest BCUT2D eigenvalue weighted by Gasteiger charge is 2.29. The lowest BCUT2D eigenvalue weighted by molar-refractivity contribution is 0.414. The van der Waals surface area contributed by atoms with Crippen LogP contribution >= 0.6 is 11.3 Å². The molecule has 1 aliphatic carbocycles. The number of ether oxygens (including phenoxy) is 1. The van der Waals surface area contributed by atoms with Crippen molar-refractivity contribution in [1.29, 1.82) is 0 Å². The molecule has 146 valence electrons. The first-order valence-electron chi connectivity index (χ1n) is 9.51. The van der Waals surface area contributed by atoms with Gasteiger partial charge in [0, 0.05) is 30.1 Å². The number of methoxy groups -OCH3 is 1. The fourth-order valence-electron chi connectivity index (χ4n) is 3.70. The Morgan fingerprint density at radius 1 is 1.21 bits per heavy atom. The average Bonchev–Trinajstić information content (AvgIpc) is 3.24. The minimum Gasteiger partial charge on any atom is -0.497 e. The largest absolute Gasteiger partial charge is 0.497 e. The van der Waals surface area contributed by atoms with E-state index in [1.165, 1.54) is 22.3 Å². The van der Waals surface area contributed by atoms with Gasteiger partial charge in [0.15, 0.2) is 0 Å². The zero-order chi connectivity index (χ0) is 20.4. The van der Waals surface area contributed by atoms with E-state index in [0.29, 0.717) is 0 Å². The molecule has 1 aliphatic heterocycles. The molecule has 0 amide bonds. The number of hydrogen-bond donors (Lipinski definition) is 0. The molecule has 4 nitrogen and oxygen atoms in total. The van der Waals surface area contributed by atoms with Crippen molar-refractivity contribution in [2.45, 2.75) is 26.2 Å². The summed E-state index contributed by atoms with van der Waals surface area (Å²) in [6.07, 6.45) is 8.46. The van der Waals surface area contributed by atoms with Crippen molar-refractivity contribution in [1.82, 2.24) is 4.98 Å². The molecule has 1 atom stereocenters. The summed E-state index contributed by atoms with van der Waals surface area (Å²) in [6, 6.07) is 8.27. The number of aromatic nitrogens is 1. The lowest BCUT2D eigenvalue weighted by Crippen LogP contribution is -2.02. The molecule has 1 unspecified atom stereocenters. The third-order valence-corrected chi connectivity index (χ3v) is 6.00. The van der Waals surface area contributed by atoms with Gasteiger partial charge in [-0.3, -0.25) is 9.98 Å². The smallest absolute Gasteiger partial charge is 0.144 e. The van der Waals surface area contributed by atoms with E-state index in [4.69, 9.17) is 9.72 Å². The van der Waals surface area contributed by atoms with Crippen LogP contribution in [0.3, 0.4) is 0 Å². The SMILES string of the molecule is C=C(C)C1=C(C)C(c2ccc(OC)cc2)C(c2csc(C3=CN=CCC=N3)n2)=C1. The zero-order valence-electron chi connectivity index (χ0n) is 16.8. The Kier molecular flexibility index (Phi) is 5.41. The predicted octanol–water partition coefficient (Wildman–Crippen LogP) is 6.07. The summed E-state index contributed by atoms with van der Waals surface area (Å²) in [6.45, 7) is 8.41. The van der Waals surface area contributed by atoms with Crippen LogP contribution in [0.15, 0.2) is 75.2 Å². The van der Waals surface area contributed by atoms with Crippen LogP contribution in [-0.2, 0) is 0 Å². The third-order valence-electron chi connectivity index (χ3n) is 5.14. The standard InChI is InChI=1S/C24H23N3OS/c1-15(2)19-12-20(23(16(19)3)17-6-8-18(28-4)9-7-17)22-14-29-24(27-22)21-13-25-10-5-11-26-21/h6-14,23H,1,5H2,2-4H3. The molecule has 0 radical (unpaired) electrons. The molecule has 0 fully saturated rings. The molecule has 2 aliphatic rings. The van der Waals surface area contributed by atoms with Crippen LogP contribution in [0.2, 0.25) is 0 Å². The zero-order valence-corrected chi connectivity index (χ0v) is 17.7. The average molecular weight is 402 g/mol. The number of rotatable bonds is 5. The van der Waals surface area contributed by atoms with Crippen LogP contribution in [0, 0.1) is 0 Å². The highest BCUT2D eigenvalue weighted by atomic mass is 32.1. The van der Waals surface area contributed by atoms with E-state index in [1.54, 1.807) is 24.6 Å². The van der Waals surface area contributed by atoms with Crippen molar-refractivity contribution in [2.75, 3.05) is 7.11 Å². The molecule has 1 aromatic heterocycles. The summed E-state index contributed by atoms with van der Waals surface area (Å²) in [5.74, 6) is 1.00. The van der Waals surface area contributed by atoms with Gasteiger partial charge in [0.05, 0.1) is 19.0 Å². The highest BCUT2D eigenvalue weighted by Crippen LogP contribution is 2.46. The van der Waals surface area contributed by atoms with E-state index in [0.717, 1.165) is 34.1 Å². The van der Waals surface area contributed by atoms with Crippen molar-refractivity contribution in [3.05, 3.63) is 81.5 Å². The second-order valence-electron chi connectivity index (χ2n) is 7.11. The van der Waals surface area contributed by atoms with E-state index < -0.39 is 0 Å². The maximum absolute atomic E-state index is 5.33. The van der Waals surface area contributed by atoms with Gasteiger partial charge < -0.3 is 4.74 Å². The number of nitrogens with zero attached hydrogens (tertiary/aromatic N) is 3. The summed E-state index contributed by atoms with van der Waals surface area (Å²) in [5, 5.41) is 2.99. The van der Waals surface area contributed by atoms with Crippen LogP contribution in [0.5, 0.6) is 5.75 Å². The Morgan fingerprint density at radius 2 is 2.00 bits per heavy atom. The Bertz CT molecular complexity index is 1100. The molecule has 0 saturated carbocycles. The first-order chi connectivity index (χ1) is 14.1. The summed E-state index contributed by atoms with van der Waals surface area (Å²) < 4.78 is 5.33.